The first kappa shape index (κ1) is 14.2. The highest BCUT2D eigenvalue weighted by molar-refractivity contribution is 5.94. The van der Waals surface area contributed by atoms with Crippen LogP contribution in [-0.4, -0.2) is 44.5 Å². The number of aromatic nitrogens is 1. The van der Waals surface area contributed by atoms with Gasteiger partial charge in [-0.05, 0) is 19.8 Å². The van der Waals surface area contributed by atoms with Crippen LogP contribution in [0.3, 0.4) is 0 Å². The minimum absolute atomic E-state index is 0.249. The lowest BCUT2D eigenvalue weighted by Crippen LogP contribution is -2.46. The minimum Gasteiger partial charge on any atom is -0.390 e. The highest BCUT2D eigenvalue weighted by atomic mass is 16.6. The number of piperidine rings is 1. The van der Waals surface area contributed by atoms with Crippen LogP contribution in [0.4, 0.5) is 5.69 Å². The number of carbonyl (C=O) groups excluding carboxylic acids is 1. The van der Waals surface area contributed by atoms with E-state index in [1.807, 2.05) is 0 Å². The van der Waals surface area contributed by atoms with E-state index < -0.39 is 22.0 Å². The third-order valence-corrected chi connectivity index (χ3v) is 3.46. The van der Waals surface area contributed by atoms with E-state index in [1.54, 1.807) is 6.92 Å². The third-order valence-electron chi connectivity index (χ3n) is 3.46. The quantitative estimate of drug-likeness (QED) is 0.596. The Labute approximate surface area is 114 Å². The van der Waals surface area contributed by atoms with Gasteiger partial charge in [0.2, 0.25) is 0 Å². The SMILES string of the molecule is CC1(O)CCN(C(=O)c2cc([N+](=O)[O-])c[nH]c2=O)CC1. The first-order chi connectivity index (χ1) is 9.30. The number of rotatable bonds is 2. The van der Waals surface area contributed by atoms with Crippen LogP contribution >= 0.6 is 0 Å². The van der Waals surface area contributed by atoms with Gasteiger partial charge >= 0.3 is 0 Å². The van der Waals surface area contributed by atoms with Crippen molar-refractivity contribution in [2.45, 2.75) is 25.4 Å². The van der Waals surface area contributed by atoms with E-state index in [0.29, 0.717) is 25.9 Å². The fraction of sp³-hybridized carbons (Fsp3) is 0.500. The Morgan fingerprint density at radius 3 is 2.65 bits per heavy atom. The first-order valence-electron chi connectivity index (χ1n) is 6.19. The minimum atomic E-state index is -0.814. The molecule has 0 aromatic carbocycles. The molecule has 0 bridgehead atoms. The number of hydrogen-bond donors (Lipinski definition) is 2. The molecule has 2 heterocycles. The molecule has 8 heteroatoms. The topological polar surface area (TPSA) is 117 Å². The summed E-state index contributed by atoms with van der Waals surface area (Å²) in [5.41, 5.74) is -2.05. The van der Waals surface area contributed by atoms with E-state index in [2.05, 4.69) is 4.98 Å². The summed E-state index contributed by atoms with van der Waals surface area (Å²) in [6, 6.07) is 0.980. The monoisotopic (exact) mass is 281 g/mol. The van der Waals surface area contributed by atoms with Crippen molar-refractivity contribution in [3.8, 4) is 0 Å². The fourth-order valence-corrected chi connectivity index (χ4v) is 2.10. The van der Waals surface area contributed by atoms with Gasteiger partial charge in [0.1, 0.15) is 5.56 Å². The molecule has 0 spiro atoms. The molecule has 20 heavy (non-hydrogen) atoms. The summed E-state index contributed by atoms with van der Waals surface area (Å²) >= 11 is 0. The number of aromatic amines is 1. The van der Waals surface area contributed by atoms with Gasteiger partial charge in [-0.25, -0.2) is 0 Å². The van der Waals surface area contributed by atoms with Gasteiger partial charge < -0.3 is 15.0 Å². The maximum absolute atomic E-state index is 12.2. The van der Waals surface area contributed by atoms with Gasteiger partial charge in [0.05, 0.1) is 16.7 Å². The van der Waals surface area contributed by atoms with Crippen LogP contribution in [-0.2, 0) is 0 Å². The molecule has 1 amide bonds. The second-order valence-corrected chi connectivity index (χ2v) is 5.15. The number of amides is 1. The second-order valence-electron chi connectivity index (χ2n) is 5.15. The highest BCUT2D eigenvalue weighted by Crippen LogP contribution is 2.22. The zero-order valence-corrected chi connectivity index (χ0v) is 11.0. The van der Waals surface area contributed by atoms with Gasteiger partial charge in [0.15, 0.2) is 0 Å². The number of pyridine rings is 1. The molecule has 1 aromatic heterocycles. The molecule has 2 N–H and O–H groups in total. The summed E-state index contributed by atoms with van der Waals surface area (Å²) in [4.78, 5) is 37.5. The summed E-state index contributed by atoms with van der Waals surface area (Å²) in [7, 11) is 0. The van der Waals surface area contributed by atoms with Crippen LogP contribution in [0, 0.1) is 10.1 Å². The molecule has 1 aliphatic heterocycles. The summed E-state index contributed by atoms with van der Waals surface area (Å²) in [5.74, 6) is -0.551. The van der Waals surface area contributed by atoms with Crippen molar-refractivity contribution in [2.24, 2.45) is 0 Å². The second kappa shape index (κ2) is 5.04. The van der Waals surface area contributed by atoms with Crippen LogP contribution < -0.4 is 5.56 Å². The number of H-pyrrole nitrogens is 1. The van der Waals surface area contributed by atoms with E-state index in [9.17, 15) is 24.8 Å². The number of carbonyl (C=O) groups is 1. The molecule has 0 unspecified atom stereocenters. The molecule has 1 aromatic rings. The zero-order chi connectivity index (χ0) is 14.9. The number of nitro groups is 1. The molecule has 2 rings (SSSR count). The van der Waals surface area contributed by atoms with Crippen LogP contribution in [0.25, 0.3) is 0 Å². The largest absolute Gasteiger partial charge is 0.390 e. The molecular formula is C12H15N3O5. The maximum atomic E-state index is 12.2. The summed E-state index contributed by atoms with van der Waals surface area (Å²) in [5, 5.41) is 20.5. The van der Waals surface area contributed by atoms with E-state index in [1.165, 1.54) is 4.90 Å². The molecule has 1 fully saturated rings. The van der Waals surface area contributed by atoms with Crippen LogP contribution in [0.2, 0.25) is 0 Å². The number of likely N-dealkylation sites (tertiary alicyclic amines) is 1. The lowest BCUT2D eigenvalue weighted by atomic mass is 9.93. The van der Waals surface area contributed by atoms with Crippen LogP contribution in [0.5, 0.6) is 0 Å². The van der Waals surface area contributed by atoms with Gasteiger partial charge in [-0.3, -0.25) is 19.7 Å². The molecule has 1 aliphatic rings. The Morgan fingerprint density at radius 1 is 1.50 bits per heavy atom. The van der Waals surface area contributed by atoms with Gasteiger partial charge in [-0.15, -0.1) is 0 Å². The van der Waals surface area contributed by atoms with Crippen LogP contribution in [0.15, 0.2) is 17.1 Å². The summed E-state index contributed by atoms with van der Waals surface area (Å²) in [6.07, 6.45) is 1.78. The Balaban J connectivity index is 2.24. The lowest BCUT2D eigenvalue weighted by molar-refractivity contribution is -0.385. The normalized spacial score (nSPS) is 17.8. The average molecular weight is 281 g/mol. The highest BCUT2D eigenvalue weighted by Gasteiger charge is 2.31. The zero-order valence-electron chi connectivity index (χ0n) is 11.0. The predicted octanol–water partition coefficient (Wildman–Crippen LogP) is 0.270. The van der Waals surface area contributed by atoms with E-state index in [4.69, 9.17) is 0 Å². The van der Waals surface area contributed by atoms with Crippen molar-refractivity contribution >= 4 is 11.6 Å². The molecule has 1 saturated heterocycles. The lowest BCUT2D eigenvalue weighted by Gasteiger charge is -2.35. The standard InChI is InChI=1S/C12H15N3O5/c1-12(18)2-4-14(5-3-12)11(17)9-6-8(15(19)20)7-13-10(9)16/h6-7,18H,2-5H2,1H3,(H,13,16). The van der Waals surface area contributed by atoms with Crippen LogP contribution in [0.1, 0.15) is 30.1 Å². The molecule has 0 aliphatic carbocycles. The Morgan fingerprint density at radius 2 is 2.10 bits per heavy atom. The fourth-order valence-electron chi connectivity index (χ4n) is 2.10. The van der Waals surface area contributed by atoms with Gasteiger partial charge in [0, 0.05) is 19.2 Å². The van der Waals surface area contributed by atoms with Gasteiger partial charge in [0.25, 0.3) is 17.2 Å². The Hall–Kier alpha value is -2.22. The smallest absolute Gasteiger partial charge is 0.286 e. The molecule has 108 valence electrons. The molecular weight excluding hydrogens is 266 g/mol. The Bertz CT molecular complexity index is 597. The summed E-state index contributed by atoms with van der Waals surface area (Å²) in [6.45, 7) is 2.32. The first-order valence-corrected chi connectivity index (χ1v) is 6.19. The number of nitrogens with zero attached hydrogens (tertiary/aromatic N) is 2. The predicted molar refractivity (Wildman–Crippen MR) is 69.5 cm³/mol. The maximum Gasteiger partial charge on any atom is 0.286 e. The Kier molecular flexibility index (Phi) is 3.58. The molecule has 0 saturated carbocycles. The van der Waals surface area contributed by atoms with Crippen molar-refractivity contribution in [1.29, 1.82) is 0 Å². The summed E-state index contributed by atoms with van der Waals surface area (Å²) < 4.78 is 0. The van der Waals surface area contributed by atoms with Crippen molar-refractivity contribution in [1.82, 2.24) is 9.88 Å². The molecule has 0 atom stereocenters. The van der Waals surface area contributed by atoms with Crippen molar-refractivity contribution in [2.75, 3.05) is 13.1 Å². The van der Waals surface area contributed by atoms with Crippen molar-refractivity contribution in [3.63, 3.8) is 0 Å². The van der Waals surface area contributed by atoms with E-state index in [-0.39, 0.29) is 11.3 Å². The number of hydrogen-bond acceptors (Lipinski definition) is 5. The van der Waals surface area contributed by atoms with E-state index in [0.717, 1.165) is 12.3 Å². The third kappa shape index (κ3) is 2.85. The average Bonchev–Trinajstić information content (AvgIpc) is 2.38. The molecule has 8 nitrogen and oxygen atoms in total. The van der Waals surface area contributed by atoms with Gasteiger partial charge in [-0.2, -0.15) is 0 Å². The van der Waals surface area contributed by atoms with Crippen molar-refractivity contribution in [3.05, 3.63) is 38.3 Å². The van der Waals surface area contributed by atoms with E-state index >= 15 is 0 Å². The van der Waals surface area contributed by atoms with Crippen molar-refractivity contribution < 1.29 is 14.8 Å². The van der Waals surface area contributed by atoms with Gasteiger partial charge in [-0.1, -0.05) is 0 Å². The molecule has 0 radical (unpaired) electrons. The number of aliphatic hydroxyl groups is 1. The number of nitrogens with one attached hydrogen (secondary N) is 1.